The maximum absolute atomic E-state index is 13.2. The van der Waals surface area contributed by atoms with E-state index in [9.17, 15) is 4.79 Å². The Morgan fingerprint density at radius 2 is 1.91 bits per heavy atom. The van der Waals surface area contributed by atoms with Crippen LogP contribution in [0.1, 0.15) is 60.5 Å². The summed E-state index contributed by atoms with van der Waals surface area (Å²) >= 11 is 0. The van der Waals surface area contributed by atoms with Crippen molar-refractivity contribution in [3.05, 3.63) is 59.2 Å². The van der Waals surface area contributed by atoms with E-state index in [1.54, 1.807) is 0 Å². The van der Waals surface area contributed by atoms with Crippen molar-refractivity contribution in [2.75, 3.05) is 30.9 Å². The van der Waals surface area contributed by atoms with Crippen LogP contribution in [0.3, 0.4) is 0 Å². The van der Waals surface area contributed by atoms with Crippen molar-refractivity contribution < 1.29 is 4.79 Å². The molecule has 1 aliphatic carbocycles. The number of nitrogens with one attached hydrogen (secondary N) is 2. The third kappa shape index (κ3) is 6.00. The molecule has 0 aliphatic heterocycles. The first-order valence-electron chi connectivity index (χ1n) is 11.6. The first kappa shape index (κ1) is 23.6. The number of hydrogen-bond donors (Lipinski definition) is 2. The van der Waals surface area contributed by atoms with E-state index in [0.717, 1.165) is 17.9 Å². The van der Waals surface area contributed by atoms with Gasteiger partial charge in [-0.25, -0.2) is 0 Å². The highest BCUT2D eigenvalue weighted by Gasteiger charge is 2.20. The Bertz CT molecular complexity index is 943. The van der Waals surface area contributed by atoms with Gasteiger partial charge in [-0.2, -0.15) is 0 Å². The summed E-state index contributed by atoms with van der Waals surface area (Å²) in [7, 11) is 3.88. The predicted molar refractivity (Wildman–Crippen MR) is 137 cm³/mol. The molecule has 0 spiro atoms. The molecule has 0 radical (unpaired) electrons. The third-order valence-corrected chi connectivity index (χ3v) is 6.24. The molecule has 5 heteroatoms. The zero-order chi connectivity index (χ0) is 22.9. The van der Waals surface area contributed by atoms with Crippen molar-refractivity contribution in [3.63, 3.8) is 0 Å². The molecule has 0 bridgehead atoms. The van der Waals surface area contributed by atoms with Crippen LogP contribution in [0.25, 0.3) is 6.08 Å². The van der Waals surface area contributed by atoms with Crippen LogP contribution < -0.4 is 15.5 Å². The summed E-state index contributed by atoms with van der Waals surface area (Å²) in [6, 6.07) is 12.3. The van der Waals surface area contributed by atoms with Gasteiger partial charge in [-0.1, -0.05) is 55.7 Å². The molecule has 0 atom stereocenters. The highest BCUT2D eigenvalue weighted by Crippen LogP contribution is 2.34. The van der Waals surface area contributed by atoms with E-state index in [0.29, 0.717) is 23.7 Å². The second-order valence-electron chi connectivity index (χ2n) is 8.61. The van der Waals surface area contributed by atoms with E-state index < -0.39 is 0 Å². The van der Waals surface area contributed by atoms with Gasteiger partial charge >= 0.3 is 0 Å². The average Bonchev–Trinajstić information content (AvgIpc) is 2.83. The maximum atomic E-state index is 13.2. The Hall–Kier alpha value is -3.08. The van der Waals surface area contributed by atoms with Crippen molar-refractivity contribution in [1.29, 1.82) is 0 Å². The largest absolute Gasteiger partial charge is 0.386 e. The molecule has 2 aromatic carbocycles. The number of anilines is 2. The predicted octanol–water partition coefficient (Wildman–Crippen LogP) is 6.04. The summed E-state index contributed by atoms with van der Waals surface area (Å²) in [6.07, 6.45) is 10.4. The number of aliphatic imine (C=N–C) groups is 1. The highest BCUT2D eigenvalue weighted by atomic mass is 16.1. The summed E-state index contributed by atoms with van der Waals surface area (Å²) in [5.41, 5.74) is 5.42. The molecule has 0 heterocycles. The molecule has 1 saturated carbocycles. The Balaban J connectivity index is 1.83. The fraction of sp³-hybridized carbons (Fsp3) is 0.407. The number of amides is 1. The molecular weight excluding hydrogens is 396 g/mol. The molecular formula is C27H36N4O. The molecule has 32 heavy (non-hydrogen) atoms. The Labute approximate surface area is 192 Å². The molecule has 3 rings (SSSR count). The summed E-state index contributed by atoms with van der Waals surface area (Å²) in [4.78, 5) is 19.5. The Morgan fingerprint density at radius 1 is 1.19 bits per heavy atom. The van der Waals surface area contributed by atoms with Crippen molar-refractivity contribution in [2.24, 2.45) is 10.9 Å². The lowest BCUT2D eigenvalue weighted by atomic mass is 9.89. The van der Waals surface area contributed by atoms with Crippen molar-refractivity contribution in [2.45, 2.75) is 45.6 Å². The maximum Gasteiger partial charge on any atom is 0.253 e. The normalized spacial score (nSPS) is 14.3. The molecule has 170 valence electrons. The minimum atomic E-state index is -0.0478. The van der Waals surface area contributed by atoms with E-state index in [1.807, 2.05) is 39.2 Å². The number of hydrogen-bond acceptors (Lipinski definition) is 4. The van der Waals surface area contributed by atoms with E-state index in [2.05, 4.69) is 57.6 Å². The van der Waals surface area contributed by atoms with Gasteiger partial charge in [0.15, 0.2) is 0 Å². The van der Waals surface area contributed by atoms with Crippen LogP contribution >= 0.6 is 0 Å². The van der Waals surface area contributed by atoms with Gasteiger partial charge in [0, 0.05) is 27.2 Å². The molecule has 2 N–H and O–H groups in total. The molecule has 5 nitrogen and oxygen atoms in total. The average molecular weight is 433 g/mol. The lowest BCUT2D eigenvalue weighted by molar-refractivity contribution is 0.0944. The van der Waals surface area contributed by atoms with Gasteiger partial charge in [-0.3, -0.25) is 9.79 Å². The lowest BCUT2D eigenvalue weighted by Crippen LogP contribution is -2.31. The fourth-order valence-electron chi connectivity index (χ4n) is 4.41. The van der Waals surface area contributed by atoms with Crippen molar-refractivity contribution >= 4 is 35.8 Å². The second kappa shape index (κ2) is 11.5. The van der Waals surface area contributed by atoms with Crippen molar-refractivity contribution in [1.82, 2.24) is 5.32 Å². The Kier molecular flexibility index (Phi) is 8.48. The van der Waals surface area contributed by atoms with Gasteiger partial charge in [-0.15, -0.1) is 0 Å². The van der Waals surface area contributed by atoms with Crippen LogP contribution in [0, 0.1) is 5.92 Å². The highest BCUT2D eigenvalue weighted by molar-refractivity contribution is 6.02. The van der Waals surface area contributed by atoms with E-state index in [4.69, 9.17) is 0 Å². The van der Waals surface area contributed by atoms with E-state index in [1.165, 1.54) is 43.2 Å². The molecule has 2 aromatic rings. The van der Waals surface area contributed by atoms with Gasteiger partial charge in [0.2, 0.25) is 0 Å². The standard InChI is InChI=1S/C27H36N4O/c1-5-9-20-12-14-22(15-13-20)19-31(4)26-17-25(29-3)24(28-2)16-23(26)27(32)30-18-21-10-7-6-8-11-21/h5,9,12-17,21,29H,2,6-8,10-11,18-19H2,1,3-4H3,(H,30,32). The third-order valence-electron chi connectivity index (χ3n) is 6.24. The number of nitrogens with zero attached hydrogens (tertiary/aromatic N) is 2. The molecule has 1 amide bonds. The number of rotatable bonds is 9. The lowest BCUT2D eigenvalue weighted by Gasteiger charge is -2.25. The SMILES string of the molecule is C=Nc1cc(C(=O)NCC2CCCCC2)c(N(C)Cc2ccc(C=CC)cc2)cc1NC. The van der Waals surface area contributed by atoms with Crippen LogP contribution in [0.2, 0.25) is 0 Å². The van der Waals surface area contributed by atoms with E-state index in [-0.39, 0.29) is 5.91 Å². The second-order valence-corrected chi connectivity index (χ2v) is 8.61. The number of carbonyl (C=O) groups is 1. The smallest absolute Gasteiger partial charge is 0.253 e. The van der Waals surface area contributed by atoms with Gasteiger partial charge in [0.05, 0.1) is 22.6 Å². The first-order valence-corrected chi connectivity index (χ1v) is 11.6. The molecule has 1 fully saturated rings. The topological polar surface area (TPSA) is 56.7 Å². The number of benzene rings is 2. The molecule has 0 saturated heterocycles. The van der Waals surface area contributed by atoms with Gasteiger partial charge in [0.1, 0.15) is 0 Å². The zero-order valence-corrected chi connectivity index (χ0v) is 19.7. The summed E-state index contributed by atoms with van der Waals surface area (Å²) in [6.45, 7) is 7.13. The zero-order valence-electron chi connectivity index (χ0n) is 19.7. The van der Waals surface area contributed by atoms with Crippen LogP contribution in [0.5, 0.6) is 0 Å². The van der Waals surface area contributed by atoms with Crippen LogP contribution in [-0.2, 0) is 6.54 Å². The van der Waals surface area contributed by atoms with Gasteiger partial charge < -0.3 is 15.5 Å². The quantitative estimate of drug-likeness (QED) is 0.475. The Morgan fingerprint density at radius 3 is 2.53 bits per heavy atom. The summed E-state index contributed by atoms with van der Waals surface area (Å²) in [5, 5.41) is 6.36. The molecule has 1 aliphatic rings. The fourth-order valence-corrected chi connectivity index (χ4v) is 4.41. The molecule has 0 unspecified atom stereocenters. The first-order chi connectivity index (χ1) is 15.5. The van der Waals surface area contributed by atoms with E-state index >= 15 is 0 Å². The minimum Gasteiger partial charge on any atom is -0.386 e. The van der Waals surface area contributed by atoms with Crippen molar-refractivity contribution in [3.8, 4) is 0 Å². The molecule has 0 aromatic heterocycles. The van der Waals surface area contributed by atoms with Gasteiger partial charge in [-0.05, 0) is 55.7 Å². The van der Waals surface area contributed by atoms with Crippen LogP contribution in [-0.4, -0.2) is 33.3 Å². The number of carbonyl (C=O) groups excluding carboxylic acids is 1. The van der Waals surface area contributed by atoms with Gasteiger partial charge in [0.25, 0.3) is 5.91 Å². The summed E-state index contributed by atoms with van der Waals surface area (Å²) < 4.78 is 0. The van der Waals surface area contributed by atoms with Crippen LogP contribution in [0.4, 0.5) is 17.1 Å². The minimum absolute atomic E-state index is 0.0478. The van der Waals surface area contributed by atoms with Crippen LogP contribution in [0.15, 0.2) is 47.5 Å². The summed E-state index contributed by atoms with van der Waals surface area (Å²) in [5.74, 6) is 0.534. The monoisotopic (exact) mass is 432 g/mol. The number of allylic oxidation sites excluding steroid dienone is 1.